The Morgan fingerprint density at radius 3 is 2.51 bits per heavy atom. The first-order valence-corrected chi connectivity index (χ1v) is 10.8. The summed E-state index contributed by atoms with van der Waals surface area (Å²) in [5, 5.41) is 26.2. The molecule has 5 aromatic rings. The summed E-state index contributed by atoms with van der Waals surface area (Å²) in [6, 6.07) is 7.17. The lowest BCUT2D eigenvalue weighted by atomic mass is 10.0. The second-order valence-corrected chi connectivity index (χ2v) is 8.03. The summed E-state index contributed by atoms with van der Waals surface area (Å²) in [5.41, 5.74) is 1.19. The minimum absolute atomic E-state index is 0.0263. The van der Waals surface area contributed by atoms with Crippen LogP contribution in [0.4, 0.5) is 34.6 Å². The molecule has 0 saturated carbocycles. The number of nitrogens with one attached hydrogen (secondary N) is 3. The fourth-order valence-corrected chi connectivity index (χ4v) is 3.93. The molecule has 0 aliphatic heterocycles. The van der Waals surface area contributed by atoms with Gasteiger partial charge in [-0.3, -0.25) is 4.98 Å². The van der Waals surface area contributed by atoms with Crippen LogP contribution in [-0.4, -0.2) is 30.4 Å². The van der Waals surface area contributed by atoms with Crippen LogP contribution in [0.25, 0.3) is 10.9 Å². The number of hydrogen-bond donors (Lipinski definition) is 3. The lowest BCUT2D eigenvalue weighted by molar-refractivity contribution is 0.480. The van der Waals surface area contributed by atoms with E-state index in [1.54, 1.807) is 6.07 Å². The van der Waals surface area contributed by atoms with Gasteiger partial charge in [0.05, 0.1) is 39.9 Å². The predicted molar refractivity (Wildman–Crippen MR) is 125 cm³/mol. The smallest absolute Gasteiger partial charge is 0.249 e. The van der Waals surface area contributed by atoms with E-state index in [0.717, 1.165) is 18.3 Å². The third-order valence-electron chi connectivity index (χ3n) is 5.31. The standard InChI is InChI=1S/C23H12ClF4N9/c24-15-4-11(33-21(17-9-32-37-36-17)13-1-2-18(26)35-22(13)27)3-14-19(10(6-29)7-30-20(14)15)34-12-5-16(25)23(28)31-8-12/h1-5,7-9,21,33H,(H,30,34)(H,32,36,37). The van der Waals surface area contributed by atoms with Crippen molar-refractivity contribution in [2.45, 2.75) is 6.04 Å². The quantitative estimate of drug-likeness (QED) is 0.205. The van der Waals surface area contributed by atoms with E-state index in [4.69, 9.17) is 11.6 Å². The van der Waals surface area contributed by atoms with Crippen LogP contribution in [0.2, 0.25) is 5.02 Å². The summed E-state index contributed by atoms with van der Waals surface area (Å²) in [6.07, 6.45) is 3.68. The lowest BCUT2D eigenvalue weighted by Gasteiger charge is -2.20. The van der Waals surface area contributed by atoms with E-state index in [0.29, 0.717) is 11.1 Å². The number of aromatic amines is 1. The van der Waals surface area contributed by atoms with Crippen LogP contribution in [0.1, 0.15) is 22.9 Å². The van der Waals surface area contributed by atoms with Gasteiger partial charge in [0.15, 0.2) is 5.82 Å². The fourth-order valence-electron chi connectivity index (χ4n) is 3.66. The normalized spacial score (nSPS) is 11.8. The van der Waals surface area contributed by atoms with Crippen molar-refractivity contribution in [3.63, 3.8) is 0 Å². The third-order valence-corrected chi connectivity index (χ3v) is 5.59. The number of benzene rings is 1. The van der Waals surface area contributed by atoms with Crippen molar-refractivity contribution >= 4 is 39.6 Å². The minimum atomic E-state index is -1.28. The summed E-state index contributed by atoms with van der Waals surface area (Å²) >= 11 is 6.48. The van der Waals surface area contributed by atoms with Gasteiger partial charge in [0.1, 0.15) is 17.8 Å². The topological polar surface area (TPSA) is 128 Å². The highest BCUT2D eigenvalue weighted by Gasteiger charge is 2.23. The van der Waals surface area contributed by atoms with E-state index < -0.39 is 29.7 Å². The highest BCUT2D eigenvalue weighted by molar-refractivity contribution is 6.36. The van der Waals surface area contributed by atoms with Crippen LogP contribution in [0.3, 0.4) is 0 Å². The van der Waals surface area contributed by atoms with E-state index in [-0.39, 0.29) is 38.7 Å². The van der Waals surface area contributed by atoms with Crippen LogP contribution in [0, 0.1) is 35.0 Å². The summed E-state index contributed by atoms with van der Waals surface area (Å²) in [7, 11) is 0. The largest absolute Gasteiger partial charge is 0.372 e. The van der Waals surface area contributed by atoms with E-state index in [2.05, 4.69) is 41.0 Å². The van der Waals surface area contributed by atoms with Gasteiger partial charge in [0.2, 0.25) is 17.8 Å². The Balaban J connectivity index is 1.63. The molecule has 1 atom stereocenters. The summed E-state index contributed by atoms with van der Waals surface area (Å²) in [5.74, 6) is -4.52. The molecule has 0 saturated heterocycles. The molecule has 0 aliphatic rings. The Morgan fingerprint density at radius 1 is 0.973 bits per heavy atom. The molecule has 5 rings (SSSR count). The average Bonchev–Trinajstić information content (AvgIpc) is 3.40. The van der Waals surface area contributed by atoms with Crippen molar-refractivity contribution in [3.8, 4) is 6.07 Å². The van der Waals surface area contributed by atoms with Crippen LogP contribution in [-0.2, 0) is 0 Å². The van der Waals surface area contributed by atoms with Gasteiger partial charge in [0.25, 0.3) is 0 Å². The van der Waals surface area contributed by atoms with Crippen molar-refractivity contribution in [1.82, 2.24) is 30.4 Å². The maximum atomic E-state index is 14.6. The van der Waals surface area contributed by atoms with Crippen LogP contribution in [0.15, 0.2) is 48.9 Å². The Morgan fingerprint density at radius 2 is 1.81 bits per heavy atom. The molecule has 9 nitrogen and oxygen atoms in total. The van der Waals surface area contributed by atoms with Gasteiger partial charge in [-0.2, -0.15) is 38.8 Å². The molecule has 1 aromatic carbocycles. The number of hydrogen-bond acceptors (Lipinski definition) is 8. The van der Waals surface area contributed by atoms with Gasteiger partial charge in [-0.25, -0.2) is 9.37 Å². The van der Waals surface area contributed by atoms with E-state index in [1.807, 2.05) is 6.07 Å². The molecule has 3 N–H and O–H groups in total. The Kier molecular flexibility index (Phi) is 6.24. The molecular weight excluding hydrogens is 514 g/mol. The zero-order valence-electron chi connectivity index (χ0n) is 18.3. The molecule has 0 spiro atoms. The number of nitriles is 1. The Hall–Kier alpha value is -4.83. The van der Waals surface area contributed by atoms with Crippen molar-refractivity contribution in [1.29, 1.82) is 5.26 Å². The number of nitrogens with zero attached hydrogens (tertiary/aromatic N) is 6. The van der Waals surface area contributed by atoms with Crippen LogP contribution in [0.5, 0.6) is 0 Å². The molecule has 0 amide bonds. The SMILES string of the molecule is N#Cc1cnc2c(Cl)cc(NC(c3cn[nH]n3)c3ccc(F)nc3F)cc2c1Nc1cnc(F)c(F)c1. The van der Waals surface area contributed by atoms with Crippen molar-refractivity contribution in [3.05, 3.63) is 94.4 Å². The van der Waals surface area contributed by atoms with Gasteiger partial charge in [-0.15, -0.1) is 0 Å². The van der Waals surface area contributed by atoms with Gasteiger partial charge < -0.3 is 10.6 Å². The summed E-state index contributed by atoms with van der Waals surface area (Å²) in [4.78, 5) is 10.8. The molecule has 0 fully saturated rings. The van der Waals surface area contributed by atoms with E-state index >= 15 is 0 Å². The van der Waals surface area contributed by atoms with E-state index in [1.165, 1.54) is 24.5 Å². The number of aromatic nitrogens is 6. The average molecular weight is 526 g/mol. The van der Waals surface area contributed by atoms with Crippen molar-refractivity contribution < 1.29 is 17.6 Å². The van der Waals surface area contributed by atoms with Gasteiger partial charge in [0, 0.05) is 28.9 Å². The first kappa shape index (κ1) is 23.9. The fraction of sp³-hybridized carbons (Fsp3) is 0.0435. The predicted octanol–water partition coefficient (Wildman–Crippen LogP) is 5.17. The minimum Gasteiger partial charge on any atom is -0.372 e. The molecule has 0 radical (unpaired) electrons. The van der Waals surface area contributed by atoms with Gasteiger partial charge in [-0.1, -0.05) is 11.6 Å². The number of halogens is 5. The molecule has 0 aliphatic carbocycles. The summed E-state index contributed by atoms with van der Waals surface area (Å²) < 4.78 is 55.1. The maximum Gasteiger partial charge on any atom is 0.249 e. The molecule has 184 valence electrons. The number of fused-ring (bicyclic) bond motifs is 1. The first-order chi connectivity index (χ1) is 17.8. The number of pyridine rings is 3. The number of rotatable bonds is 6. The lowest BCUT2D eigenvalue weighted by Crippen LogP contribution is -2.16. The molecule has 37 heavy (non-hydrogen) atoms. The maximum absolute atomic E-state index is 14.6. The molecule has 14 heteroatoms. The van der Waals surface area contributed by atoms with Crippen molar-refractivity contribution in [2.75, 3.05) is 10.6 Å². The number of anilines is 3. The first-order valence-electron chi connectivity index (χ1n) is 10.4. The molecular formula is C23H12ClF4N9. The second kappa shape index (κ2) is 9.67. The second-order valence-electron chi connectivity index (χ2n) is 7.62. The Bertz CT molecular complexity index is 1670. The zero-order chi connectivity index (χ0) is 26.1. The highest BCUT2D eigenvalue weighted by atomic mass is 35.5. The molecule has 4 heterocycles. The Labute approximate surface area is 210 Å². The molecule has 4 aromatic heterocycles. The van der Waals surface area contributed by atoms with E-state index in [9.17, 15) is 22.8 Å². The highest BCUT2D eigenvalue weighted by Crippen LogP contribution is 2.36. The van der Waals surface area contributed by atoms with Gasteiger partial charge in [-0.05, 0) is 24.3 Å². The molecule has 1 unspecified atom stereocenters. The van der Waals surface area contributed by atoms with Crippen LogP contribution < -0.4 is 10.6 Å². The zero-order valence-corrected chi connectivity index (χ0v) is 19.0. The van der Waals surface area contributed by atoms with Crippen LogP contribution >= 0.6 is 11.6 Å². The molecule has 0 bridgehead atoms. The summed E-state index contributed by atoms with van der Waals surface area (Å²) in [6.45, 7) is 0. The third kappa shape index (κ3) is 4.69. The monoisotopic (exact) mass is 525 g/mol. The van der Waals surface area contributed by atoms with Crippen molar-refractivity contribution in [2.24, 2.45) is 0 Å². The van der Waals surface area contributed by atoms with Gasteiger partial charge >= 0.3 is 0 Å². The number of H-pyrrole nitrogens is 1.